The molecule has 4 heteroatoms. The maximum absolute atomic E-state index is 10.4. The van der Waals surface area contributed by atoms with Crippen molar-refractivity contribution in [3.63, 3.8) is 0 Å². The van der Waals surface area contributed by atoms with Gasteiger partial charge in [-0.2, -0.15) is 0 Å². The highest BCUT2D eigenvalue weighted by Crippen LogP contribution is 1.73. The second-order valence-corrected chi connectivity index (χ2v) is 1.43. The third kappa shape index (κ3) is 4.83. The number of carbonyl (C=O) groups is 2. The predicted molar refractivity (Wildman–Crippen MR) is 35.6 cm³/mol. The number of hydrogen-bond acceptors (Lipinski definition) is 3. The molecular weight excluding hydrogens is 134 g/mol. The monoisotopic (exact) mass is 143 g/mol. The van der Waals surface area contributed by atoms with Gasteiger partial charge in [0.05, 0.1) is 0 Å². The molecule has 0 saturated heterocycles. The van der Waals surface area contributed by atoms with Gasteiger partial charge in [0.1, 0.15) is 6.61 Å². The van der Waals surface area contributed by atoms with Crippen molar-refractivity contribution in [3.05, 3.63) is 12.7 Å². The minimum absolute atomic E-state index is 0.205. The van der Waals surface area contributed by atoms with Crippen LogP contribution >= 0.6 is 0 Å². The van der Waals surface area contributed by atoms with E-state index in [1.165, 1.54) is 6.08 Å². The molecule has 0 aliphatic rings. The third-order valence-corrected chi connectivity index (χ3v) is 0.673. The Bertz CT molecular complexity index is 119. The number of rotatable bonds is 4. The van der Waals surface area contributed by atoms with Crippen LogP contribution in [0.25, 0.3) is 0 Å². The van der Waals surface area contributed by atoms with Gasteiger partial charge in [-0.15, -0.1) is 6.58 Å². The molecule has 1 N–H and O–H groups in total. The summed E-state index contributed by atoms with van der Waals surface area (Å²) >= 11 is 0. The van der Waals surface area contributed by atoms with Crippen LogP contribution in [0.3, 0.4) is 0 Å². The van der Waals surface area contributed by atoms with Crippen LogP contribution in [0, 0.1) is 0 Å². The largest absolute Gasteiger partial charge is 0.442 e. The van der Waals surface area contributed by atoms with Gasteiger partial charge in [0, 0.05) is 6.54 Å². The highest BCUT2D eigenvalue weighted by molar-refractivity contribution is 5.69. The molecule has 56 valence electrons. The number of amides is 1. The van der Waals surface area contributed by atoms with Crippen molar-refractivity contribution in [3.8, 4) is 0 Å². The van der Waals surface area contributed by atoms with Gasteiger partial charge < -0.3 is 10.1 Å². The average molecular weight is 143 g/mol. The van der Waals surface area contributed by atoms with E-state index in [9.17, 15) is 9.59 Å². The highest BCUT2D eigenvalue weighted by Gasteiger charge is 1.95. The normalized spacial score (nSPS) is 8.00. The van der Waals surface area contributed by atoms with E-state index in [4.69, 9.17) is 0 Å². The Kier molecular flexibility index (Phi) is 5.04. The van der Waals surface area contributed by atoms with Crippen molar-refractivity contribution in [1.82, 2.24) is 5.32 Å². The zero-order valence-electron chi connectivity index (χ0n) is 5.50. The smallest absolute Gasteiger partial charge is 0.407 e. The van der Waals surface area contributed by atoms with Gasteiger partial charge in [0.15, 0.2) is 6.29 Å². The number of hydrogen-bond donors (Lipinski definition) is 1. The minimum atomic E-state index is -0.605. The number of ether oxygens (including phenoxy) is 1. The summed E-state index contributed by atoms with van der Waals surface area (Å²) in [6.07, 6.45) is 1.42. The van der Waals surface area contributed by atoms with Crippen LogP contribution in [-0.2, 0) is 9.53 Å². The van der Waals surface area contributed by atoms with Crippen LogP contribution in [0.4, 0.5) is 4.79 Å². The van der Waals surface area contributed by atoms with E-state index in [-0.39, 0.29) is 6.61 Å². The second-order valence-electron chi connectivity index (χ2n) is 1.43. The summed E-state index contributed by atoms with van der Waals surface area (Å²) in [6, 6.07) is 0. The summed E-state index contributed by atoms with van der Waals surface area (Å²) in [7, 11) is 0. The Morgan fingerprint density at radius 1 is 1.70 bits per heavy atom. The summed E-state index contributed by atoms with van der Waals surface area (Å²) in [5.74, 6) is 0. The third-order valence-electron chi connectivity index (χ3n) is 0.673. The number of nitrogens with one attached hydrogen (secondary N) is 1. The van der Waals surface area contributed by atoms with Crippen LogP contribution in [-0.4, -0.2) is 25.5 Å². The van der Waals surface area contributed by atoms with Gasteiger partial charge in [0.2, 0.25) is 0 Å². The molecule has 0 aromatic rings. The summed E-state index contributed by atoms with van der Waals surface area (Å²) < 4.78 is 4.33. The van der Waals surface area contributed by atoms with Crippen LogP contribution < -0.4 is 5.32 Å². The molecule has 0 aromatic carbocycles. The standard InChI is InChI=1S/C6H9NO3/c1-2-3-7-6(9)10-5-4-8/h2,4H,1,3,5H2,(H,7,9). The zero-order valence-corrected chi connectivity index (χ0v) is 5.50. The molecule has 0 saturated carbocycles. The van der Waals surface area contributed by atoms with E-state index >= 15 is 0 Å². The number of aldehydes is 1. The van der Waals surface area contributed by atoms with Crippen molar-refractivity contribution < 1.29 is 14.3 Å². The fraction of sp³-hybridized carbons (Fsp3) is 0.333. The Hall–Kier alpha value is -1.32. The van der Waals surface area contributed by atoms with E-state index in [1.807, 2.05) is 0 Å². The molecule has 0 aromatic heterocycles. The van der Waals surface area contributed by atoms with Gasteiger partial charge >= 0.3 is 6.09 Å². The molecule has 0 atom stereocenters. The molecule has 0 unspecified atom stereocenters. The Morgan fingerprint density at radius 3 is 2.90 bits per heavy atom. The van der Waals surface area contributed by atoms with Crippen LogP contribution in [0.5, 0.6) is 0 Å². The summed E-state index contributed by atoms with van der Waals surface area (Å²) in [5, 5.41) is 2.33. The first kappa shape index (κ1) is 8.68. The van der Waals surface area contributed by atoms with E-state index in [0.717, 1.165) is 0 Å². The first-order chi connectivity index (χ1) is 4.81. The second kappa shape index (κ2) is 5.81. The molecule has 0 spiro atoms. The van der Waals surface area contributed by atoms with E-state index < -0.39 is 6.09 Å². The SMILES string of the molecule is C=CCNC(=O)OCC=O. The molecule has 0 aliphatic carbocycles. The topological polar surface area (TPSA) is 55.4 Å². The molecule has 1 amide bonds. The quantitative estimate of drug-likeness (QED) is 0.448. The fourth-order valence-electron chi connectivity index (χ4n) is 0.316. The molecule has 0 fully saturated rings. The van der Waals surface area contributed by atoms with E-state index in [0.29, 0.717) is 12.8 Å². The fourth-order valence-corrected chi connectivity index (χ4v) is 0.316. The Morgan fingerprint density at radius 2 is 2.40 bits per heavy atom. The zero-order chi connectivity index (χ0) is 7.82. The van der Waals surface area contributed by atoms with Crippen LogP contribution in [0.2, 0.25) is 0 Å². The maximum Gasteiger partial charge on any atom is 0.407 e. The van der Waals surface area contributed by atoms with E-state index in [1.54, 1.807) is 0 Å². The first-order valence-electron chi connectivity index (χ1n) is 2.76. The van der Waals surface area contributed by atoms with Gasteiger partial charge in [-0.05, 0) is 0 Å². The van der Waals surface area contributed by atoms with Crippen LogP contribution in [0.15, 0.2) is 12.7 Å². The van der Waals surface area contributed by atoms with Crippen molar-refractivity contribution in [2.24, 2.45) is 0 Å². The number of carbonyl (C=O) groups excluding carboxylic acids is 2. The number of alkyl carbamates (subject to hydrolysis) is 1. The maximum atomic E-state index is 10.4. The lowest BCUT2D eigenvalue weighted by atomic mass is 10.6. The van der Waals surface area contributed by atoms with Gasteiger partial charge in [-0.25, -0.2) is 4.79 Å². The summed E-state index contributed by atoms with van der Waals surface area (Å²) in [6.45, 7) is 3.51. The summed E-state index contributed by atoms with van der Waals surface area (Å²) in [4.78, 5) is 20.1. The Labute approximate surface area is 58.9 Å². The highest BCUT2D eigenvalue weighted by atomic mass is 16.5. The lowest BCUT2D eigenvalue weighted by Gasteiger charge is -1.99. The lowest BCUT2D eigenvalue weighted by Crippen LogP contribution is -2.24. The van der Waals surface area contributed by atoms with Gasteiger partial charge in [0.25, 0.3) is 0 Å². The van der Waals surface area contributed by atoms with Gasteiger partial charge in [-0.3, -0.25) is 4.79 Å². The molecule has 4 nitrogen and oxygen atoms in total. The predicted octanol–water partition coefficient (Wildman–Crippen LogP) is 0.0975. The molecule has 0 rings (SSSR count). The first-order valence-corrected chi connectivity index (χ1v) is 2.76. The Balaban J connectivity index is 3.24. The lowest BCUT2D eigenvalue weighted by molar-refractivity contribution is -0.110. The van der Waals surface area contributed by atoms with Crippen molar-refractivity contribution >= 4 is 12.4 Å². The molecule has 0 bridgehead atoms. The molecule has 0 heterocycles. The molecular formula is C6H9NO3. The minimum Gasteiger partial charge on any atom is -0.442 e. The van der Waals surface area contributed by atoms with Crippen molar-refractivity contribution in [2.75, 3.05) is 13.2 Å². The molecule has 0 radical (unpaired) electrons. The van der Waals surface area contributed by atoms with Gasteiger partial charge in [-0.1, -0.05) is 6.08 Å². The van der Waals surface area contributed by atoms with Crippen LogP contribution in [0.1, 0.15) is 0 Å². The van der Waals surface area contributed by atoms with E-state index in [2.05, 4.69) is 16.6 Å². The molecule has 0 aliphatic heterocycles. The summed E-state index contributed by atoms with van der Waals surface area (Å²) in [5.41, 5.74) is 0. The van der Waals surface area contributed by atoms with Crippen molar-refractivity contribution in [1.29, 1.82) is 0 Å². The molecule has 10 heavy (non-hydrogen) atoms. The average Bonchev–Trinajstić information content (AvgIpc) is 1.97. The van der Waals surface area contributed by atoms with Crippen molar-refractivity contribution in [2.45, 2.75) is 0 Å².